The second-order valence-electron chi connectivity index (χ2n) is 9.28. The Balaban J connectivity index is 1.50. The van der Waals surface area contributed by atoms with Crippen LogP contribution in [0.4, 0.5) is 23.7 Å². The standard InChI is InChI=1S/C26H26F3N9O3/c1-41-13-23(39)37-15-25(16-37,5-6-30)34-10-19(9-31)18-8-22-32-12-21(38(22)35-11-18)17-3-2-4-20(7-17)36-24(40)33-14-26(27,28)29/h2-4,7-12H,5,13-16,31H2,1H3,(H2,33,36,40). The van der Waals surface area contributed by atoms with E-state index in [1.54, 1.807) is 57.6 Å². The normalized spacial score (nSPS) is 15.0. The van der Waals surface area contributed by atoms with E-state index in [-0.39, 0.29) is 37.7 Å². The van der Waals surface area contributed by atoms with Gasteiger partial charge in [-0.25, -0.2) is 14.3 Å². The van der Waals surface area contributed by atoms with E-state index < -0.39 is 24.3 Å². The van der Waals surface area contributed by atoms with Crippen molar-refractivity contribution < 1.29 is 27.5 Å². The molecule has 4 rings (SSSR count). The van der Waals surface area contributed by atoms with Crippen molar-refractivity contribution in [2.75, 3.05) is 38.7 Å². The number of carbonyl (C=O) groups is 2. The molecular formula is C26H26F3N9O3. The number of ether oxygens (including phenoxy) is 1. The molecule has 0 unspecified atom stereocenters. The number of hydrogen-bond acceptors (Lipinski definition) is 8. The summed E-state index contributed by atoms with van der Waals surface area (Å²) in [5, 5.41) is 17.9. The van der Waals surface area contributed by atoms with Crippen molar-refractivity contribution in [3.8, 4) is 17.3 Å². The van der Waals surface area contributed by atoms with Gasteiger partial charge in [0.2, 0.25) is 5.91 Å². The van der Waals surface area contributed by atoms with Gasteiger partial charge in [0, 0.05) is 55.0 Å². The second-order valence-corrected chi connectivity index (χ2v) is 9.28. The fraction of sp³-hybridized carbons (Fsp3) is 0.308. The third-order valence-electron chi connectivity index (χ3n) is 6.22. The lowest BCUT2D eigenvalue weighted by atomic mass is 9.87. The van der Waals surface area contributed by atoms with Crippen LogP contribution in [0, 0.1) is 11.3 Å². The molecule has 1 saturated heterocycles. The number of allylic oxidation sites excluding steroid dienone is 1. The Kier molecular flexibility index (Phi) is 8.53. The molecule has 0 atom stereocenters. The molecule has 3 heterocycles. The summed E-state index contributed by atoms with van der Waals surface area (Å²) in [4.78, 5) is 34.4. The summed E-state index contributed by atoms with van der Waals surface area (Å²) < 4.78 is 43.5. The van der Waals surface area contributed by atoms with Gasteiger partial charge in [-0.2, -0.15) is 23.5 Å². The van der Waals surface area contributed by atoms with Crippen LogP contribution in [0.2, 0.25) is 0 Å². The average molecular weight is 570 g/mol. The summed E-state index contributed by atoms with van der Waals surface area (Å²) >= 11 is 0. The number of aromatic nitrogens is 3. The van der Waals surface area contributed by atoms with Gasteiger partial charge in [0.15, 0.2) is 5.65 Å². The van der Waals surface area contributed by atoms with Crippen LogP contribution < -0.4 is 16.4 Å². The molecule has 0 bridgehead atoms. The quantitative estimate of drug-likeness (QED) is 0.334. The fourth-order valence-electron chi connectivity index (χ4n) is 4.20. The number of carbonyl (C=O) groups excluding carboxylic acids is 2. The highest BCUT2D eigenvalue weighted by molar-refractivity contribution is 6.10. The van der Waals surface area contributed by atoms with E-state index in [0.29, 0.717) is 28.0 Å². The van der Waals surface area contributed by atoms with E-state index in [9.17, 15) is 28.0 Å². The van der Waals surface area contributed by atoms with Gasteiger partial charge in [-0.3, -0.25) is 9.79 Å². The van der Waals surface area contributed by atoms with Crippen molar-refractivity contribution in [2.45, 2.75) is 18.1 Å². The van der Waals surface area contributed by atoms with Crippen LogP contribution in [0.15, 0.2) is 53.9 Å². The van der Waals surface area contributed by atoms with Gasteiger partial charge < -0.3 is 26.0 Å². The smallest absolute Gasteiger partial charge is 0.404 e. The molecule has 0 spiro atoms. The van der Waals surface area contributed by atoms with Crippen LogP contribution in [0.1, 0.15) is 12.0 Å². The molecule has 1 aromatic carbocycles. The van der Waals surface area contributed by atoms with E-state index in [0.717, 1.165) is 0 Å². The van der Waals surface area contributed by atoms with Gasteiger partial charge in [0.25, 0.3) is 0 Å². The van der Waals surface area contributed by atoms with Crippen molar-refractivity contribution >= 4 is 35.1 Å². The number of nitrogens with zero attached hydrogens (tertiary/aromatic N) is 6. The minimum Gasteiger partial charge on any atom is -0.404 e. The number of hydrogen-bond donors (Lipinski definition) is 3. The molecule has 3 amide bonds. The summed E-state index contributed by atoms with van der Waals surface area (Å²) in [7, 11) is 1.44. The van der Waals surface area contributed by atoms with Crippen LogP contribution in [-0.4, -0.2) is 82.7 Å². The Morgan fingerprint density at radius 1 is 1.29 bits per heavy atom. The Morgan fingerprint density at radius 3 is 2.76 bits per heavy atom. The third kappa shape index (κ3) is 6.97. The number of benzene rings is 1. The number of rotatable bonds is 9. The summed E-state index contributed by atoms with van der Waals surface area (Å²) in [5.74, 6) is -0.179. The first-order valence-electron chi connectivity index (χ1n) is 12.2. The molecular weight excluding hydrogens is 543 g/mol. The number of methoxy groups -OCH3 is 1. The predicted octanol–water partition coefficient (Wildman–Crippen LogP) is 2.59. The molecule has 1 aliphatic heterocycles. The molecule has 0 radical (unpaired) electrons. The molecule has 214 valence electrons. The number of nitrogens with one attached hydrogen (secondary N) is 2. The SMILES string of the molecule is COCC(=O)N1CC(CC#N)(N=CC(=CN)c2cnn3c(-c4cccc(NC(=O)NCC(F)(F)F)c4)cnc3c2)C1. The van der Waals surface area contributed by atoms with E-state index in [4.69, 9.17) is 10.5 Å². The fourth-order valence-corrected chi connectivity index (χ4v) is 4.20. The number of fused-ring (bicyclic) bond motifs is 1. The number of nitrogens with two attached hydrogens (primary N) is 1. The number of nitriles is 1. The monoisotopic (exact) mass is 569 g/mol. The predicted molar refractivity (Wildman–Crippen MR) is 144 cm³/mol. The van der Waals surface area contributed by atoms with E-state index in [1.165, 1.54) is 19.4 Å². The number of halogens is 3. The molecule has 1 aliphatic rings. The largest absolute Gasteiger partial charge is 0.405 e. The second kappa shape index (κ2) is 12.0. The lowest BCUT2D eigenvalue weighted by molar-refractivity contribution is -0.142. The zero-order valence-electron chi connectivity index (χ0n) is 21.9. The summed E-state index contributed by atoms with van der Waals surface area (Å²) in [6, 6.07) is 9.36. The maximum atomic E-state index is 12.4. The van der Waals surface area contributed by atoms with Crippen molar-refractivity contribution in [3.63, 3.8) is 0 Å². The van der Waals surface area contributed by atoms with Gasteiger partial charge in [-0.15, -0.1) is 0 Å². The molecule has 15 heteroatoms. The molecule has 0 aliphatic carbocycles. The highest BCUT2D eigenvalue weighted by atomic mass is 19.4. The number of imidazole rings is 1. The van der Waals surface area contributed by atoms with Gasteiger partial charge in [0.1, 0.15) is 18.7 Å². The molecule has 2 aromatic heterocycles. The van der Waals surface area contributed by atoms with Crippen LogP contribution in [0.5, 0.6) is 0 Å². The average Bonchev–Trinajstić information content (AvgIpc) is 3.34. The van der Waals surface area contributed by atoms with Crippen molar-refractivity contribution in [1.29, 1.82) is 5.26 Å². The molecule has 0 saturated carbocycles. The van der Waals surface area contributed by atoms with Crippen molar-refractivity contribution in [1.82, 2.24) is 24.8 Å². The third-order valence-corrected chi connectivity index (χ3v) is 6.22. The summed E-state index contributed by atoms with van der Waals surface area (Å²) in [5.41, 5.74) is 8.19. The molecule has 4 N–H and O–H groups in total. The minimum absolute atomic E-state index is 0.0453. The van der Waals surface area contributed by atoms with Crippen LogP contribution in [-0.2, 0) is 9.53 Å². The Labute approximate surface area is 232 Å². The van der Waals surface area contributed by atoms with Crippen LogP contribution >= 0.6 is 0 Å². The summed E-state index contributed by atoms with van der Waals surface area (Å²) in [6.07, 6.45) is 1.62. The lowest BCUT2D eigenvalue weighted by Gasteiger charge is -2.46. The first-order chi connectivity index (χ1) is 19.6. The Morgan fingerprint density at radius 2 is 2.07 bits per heavy atom. The molecule has 12 nitrogen and oxygen atoms in total. The van der Waals surface area contributed by atoms with Crippen molar-refractivity contribution in [3.05, 3.63) is 54.5 Å². The number of urea groups is 1. The maximum Gasteiger partial charge on any atom is 0.405 e. The van der Waals surface area contributed by atoms with E-state index in [1.807, 2.05) is 0 Å². The van der Waals surface area contributed by atoms with Crippen molar-refractivity contribution in [2.24, 2.45) is 10.7 Å². The van der Waals surface area contributed by atoms with E-state index in [2.05, 4.69) is 26.5 Å². The number of alkyl halides is 3. The van der Waals surface area contributed by atoms with Gasteiger partial charge in [-0.1, -0.05) is 12.1 Å². The lowest BCUT2D eigenvalue weighted by Crippen LogP contribution is -2.63. The molecule has 3 aromatic rings. The maximum absolute atomic E-state index is 12.4. The van der Waals surface area contributed by atoms with E-state index >= 15 is 0 Å². The summed E-state index contributed by atoms with van der Waals surface area (Å²) in [6.45, 7) is -0.921. The number of amides is 3. The zero-order chi connectivity index (χ0) is 29.6. The first kappa shape index (κ1) is 29.0. The first-order valence-corrected chi connectivity index (χ1v) is 12.2. The highest BCUT2D eigenvalue weighted by Crippen LogP contribution is 2.30. The molecule has 41 heavy (non-hydrogen) atoms. The Hall–Kier alpha value is -4.97. The highest BCUT2D eigenvalue weighted by Gasteiger charge is 2.44. The van der Waals surface area contributed by atoms with Crippen LogP contribution in [0.25, 0.3) is 22.5 Å². The Bertz CT molecular complexity index is 1540. The minimum atomic E-state index is -4.52. The number of anilines is 1. The molecule has 1 fully saturated rings. The number of likely N-dealkylation sites (tertiary alicyclic amines) is 1. The number of aliphatic imine (C=N–C) groups is 1. The van der Waals surface area contributed by atoms with Gasteiger partial charge in [-0.05, 0) is 18.2 Å². The topological polar surface area (TPSA) is 163 Å². The van der Waals surface area contributed by atoms with Gasteiger partial charge in [0.05, 0.1) is 30.6 Å². The zero-order valence-corrected chi connectivity index (χ0v) is 21.9. The van der Waals surface area contributed by atoms with Crippen LogP contribution in [0.3, 0.4) is 0 Å². The van der Waals surface area contributed by atoms with Gasteiger partial charge >= 0.3 is 12.2 Å².